The number of aliphatic carboxylic acids is 1. The standard InChI is InChI=1S/C9H17NO6S/c1-3-7(9(12)13)5-10-17(14,15)6-8(11)16-4-2/h7,10H,3-6H2,1-2H3,(H,12,13). The average Bonchev–Trinajstić information content (AvgIpc) is 2.17. The molecule has 0 bridgehead atoms. The Labute approximate surface area is 100 Å². The van der Waals surface area contributed by atoms with Crippen molar-refractivity contribution >= 4 is 22.0 Å². The van der Waals surface area contributed by atoms with Crippen LogP contribution < -0.4 is 4.72 Å². The zero-order valence-corrected chi connectivity index (χ0v) is 10.6. The van der Waals surface area contributed by atoms with Crippen molar-refractivity contribution in [3.8, 4) is 0 Å². The van der Waals surface area contributed by atoms with E-state index < -0.39 is 33.6 Å². The van der Waals surface area contributed by atoms with E-state index in [2.05, 4.69) is 9.46 Å². The van der Waals surface area contributed by atoms with E-state index in [1.54, 1.807) is 13.8 Å². The summed E-state index contributed by atoms with van der Waals surface area (Å²) in [6.45, 7) is 3.07. The lowest BCUT2D eigenvalue weighted by atomic mass is 10.1. The maximum Gasteiger partial charge on any atom is 0.322 e. The Morgan fingerprint density at radius 2 is 1.94 bits per heavy atom. The number of ether oxygens (including phenoxy) is 1. The van der Waals surface area contributed by atoms with Gasteiger partial charge in [-0.15, -0.1) is 0 Å². The number of hydrogen-bond acceptors (Lipinski definition) is 5. The molecule has 0 radical (unpaired) electrons. The summed E-state index contributed by atoms with van der Waals surface area (Å²) >= 11 is 0. The molecule has 0 spiro atoms. The molecule has 17 heavy (non-hydrogen) atoms. The normalized spacial score (nSPS) is 13.1. The minimum Gasteiger partial charge on any atom is -0.481 e. The highest BCUT2D eigenvalue weighted by Crippen LogP contribution is 2.01. The largest absolute Gasteiger partial charge is 0.481 e. The quantitative estimate of drug-likeness (QED) is 0.578. The summed E-state index contributed by atoms with van der Waals surface area (Å²) < 4.78 is 29.3. The van der Waals surface area contributed by atoms with Crippen molar-refractivity contribution in [1.29, 1.82) is 0 Å². The summed E-state index contributed by atoms with van der Waals surface area (Å²) in [7, 11) is -3.83. The summed E-state index contributed by atoms with van der Waals surface area (Å²) in [5, 5.41) is 8.71. The Morgan fingerprint density at radius 3 is 2.35 bits per heavy atom. The lowest BCUT2D eigenvalue weighted by Gasteiger charge is -2.11. The predicted molar refractivity (Wildman–Crippen MR) is 59.8 cm³/mol. The van der Waals surface area contributed by atoms with E-state index in [0.29, 0.717) is 6.42 Å². The highest BCUT2D eigenvalue weighted by molar-refractivity contribution is 7.90. The molecule has 0 aliphatic heterocycles. The van der Waals surface area contributed by atoms with Crippen LogP contribution in [0.1, 0.15) is 20.3 Å². The third kappa shape index (κ3) is 6.90. The molecule has 0 heterocycles. The first kappa shape index (κ1) is 15.9. The summed E-state index contributed by atoms with van der Waals surface area (Å²) in [6, 6.07) is 0. The number of hydrogen-bond donors (Lipinski definition) is 2. The molecule has 0 aromatic rings. The van der Waals surface area contributed by atoms with Crippen LogP contribution in [0.4, 0.5) is 0 Å². The van der Waals surface area contributed by atoms with Crippen LogP contribution in [-0.4, -0.2) is 44.4 Å². The second kappa shape index (κ2) is 7.23. The van der Waals surface area contributed by atoms with Gasteiger partial charge in [0.1, 0.15) is 0 Å². The maximum atomic E-state index is 11.4. The third-order valence-corrected chi connectivity index (χ3v) is 3.23. The molecule has 1 atom stereocenters. The molecule has 0 fully saturated rings. The Balaban J connectivity index is 4.27. The van der Waals surface area contributed by atoms with E-state index in [0.717, 1.165) is 0 Å². The highest BCUT2D eigenvalue weighted by atomic mass is 32.2. The lowest BCUT2D eigenvalue weighted by molar-refractivity contribution is -0.141. The van der Waals surface area contributed by atoms with Gasteiger partial charge in [0.2, 0.25) is 10.0 Å². The van der Waals surface area contributed by atoms with E-state index in [-0.39, 0.29) is 13.2 Å². The SMILES string of the molecule is CCOC(=O)CS(=O)(=O)NCC(CC)C(=O)O. The number of carbonyl (C=O) groups excluding carboxylic acids is 1. The minimum absolute atomic E-state index is 0.0983. The molecule has 0 saturated carbocycles. The fourth-order valence-electron chi connectivity index (χ4n) is 1.04. The number of carboxylic acids is 1. The van der Waals surface area contributed by atoms with Crippen LogP contribution in [0.3, 0.4) is 0 Å². The topological polar surface area (TPSA) is 110 Å². The Morgan fingerprint density at radius 1 is 1.35 bits per heavy atom. The van der Waals surface area contributed by atoms with E-state index in [4.69, 9.17) is 5.11 Å². The summed E-state index contributed by atoms with van der Waals surface area (Å²) in [5.41, 5.74) is 0. The monoisotopic (exact) mass is 267 g/mol. The van der Waals surface area contributed by atoms with Crippen LogP contribution in [0, 0.1) is 5.92 Å². The van der Waals surface area contributed by atoms with Gasteiger partial charge in [0.25, 0.3) is 0 Å². The second-order valence-electron chi connectivity index (χ2n) is 3.36. The number of carbonyl (C=O) groups is 2. The van der Waals surface area contributed by atoms with Crippen molar-refractivity contribution in [2.24, 2.45) is 5.92 Å². The van der Waals surface area contributed by atoms with E-state index in [1.807, 2.05) is 0 Å². The van der Waals surface area contributed by atoms with Gasteiger partial charge in [0, 0.05) is 6.54 Å². The van der Waals surface area contributed by atoms with E-state index in [9.17, 15) is 18.0 Å². The minimum atomic E-state index is -3.83. The van der Waals surface area contributed by atoms with Crippen molar-refractivity contribution in [1.82, 2.24) is 4.72 Å². The van der Waals surface area contributed by atoms with Crippen molar-refractivity contribution < 1.29 is 27.9 Å². The molecular weight excluding hydrogens is 250 g/mol. The fourth-order valence-corrected chi connectivity index (χ4v) is 1.99. The smallest absolute Gasteiger partial charge is 0.322 e. The van der Waals surface area contributed by atoms with Gasteiger partial charge >= 0.3 is 11.9 Å². The lowest BCUT2D eigenvalue weighted by Crippen LogP contribution is -2.36. The zero-order valence-electron chi connectivity index (χ0n) is 9.80. The van der Waals surface area contributed by atoms with Crippen molar-refractivity contribution in [2.45, 2.75) is 20.3 Å². The van der Waals surface area contributed by atoms with Gasteiger partial charge in [-0.2, -0.15) is 0 Å². The van der Waals surface area contributed by atoms with Crippen LogP contribution in [0.25, 0.3) is 0 Å². The van der Waals surface area contributed by atoms with E-state index >= 15 is 0 Å². The molecule has 0 aliphatic carbocycles. The van der Waals surface area contributed by atoms with Gasteiger partial charge in [0.15, 0.2) is 5.75 Å². The van der Waals surface area contributed by atoms with Crippen LogP contribution in [0.5, 0.6) is 0 Å². The van der Waals surface area contributed by atoms with E-state index in [1.165, 1.54) is 0 Å². The molecule has 0 rings (SSSR count). The van der Waals surface area contributed by atoms with Crippen molar-refractivity contribution in [3.63, 3.8) is 0 Å². The van der Waals surface area contributed by atoms with Gasteiger partial charge in [-0.3, -0.25) is 9.59 Å². The number of rotatable bonds is 8. The van der Waals surface area contributed by atoms with Gasteiger partial charge < -0.3 is 9.84 Å². The molecule has 1 unspecified atom stereocenters. The van der Waals surface area contributed by atoms with Gasteiger partial charge in [-0.25, -0.2) is 13.1 Å². The molecule has 0 amide bonds. The molecule has 0 saturated heterocycles. The zero-order chi connectivity index (χ0) is 13.5. The molecule has 7 nitrogen and oxygen atoms in total. The van der Waals surface area contributed by atoms with Crippen LogP contribution in [-0.2, 0) is 24.3 Å². The molecule has 100 valence electrons. The molecule has 0 aromatic heterocycles. The maximum absolute atomic E-state index is 11.4. The van der Waals surface area contributed by atoms with Crippen LogP contribution >= 0.6 is 0 Å². The Hall–Kier alpha value is -1.15. The first-order valence-corrected chi connectivity index (χ1v) is 6.83. The fraction of sp³-hybridized carbons (Fsp3) is 0.778. The van der Waals surface area contributed by atoms with Crippen LogP contribution in [0.2, 0.25) is 0 Å². The Bertz CT molecular complexity index is 364. The van der Waals surface area contributed by atoms with Gasteiger partial charge in [0.05, 0.1) is 12.5 Å². The highest BCUT2D eigenvalue weighted by Gasteiger charge is 2.21. The second-order valence-corrected chi connectivity index (χ2v) is 5.16. The summed E-state index contributed by atoms with van der Waals surface area (Å²) in [5.74, 6) is -3.53. The molecular formula is C9H17NO6S. The predicted octanol–water partition coefficient (Wildman–Crippen LogP) is -0.420. The summed E-state index contributed by atoms with van der Waals surface area (Å²) in [6.07, 6.45) is 0.303. The van der Waals surface area contributed by atoms with Crippen molar-refractivity contribution in [2.75, 3.05) is 18.9 Å². The first-order chi connectivity index (χ1) is 7.82. The molecule has 2 N–H and O–H groups in total. The third-order valence-electron chi connectivity index (χ3n) is 2.00. The van der Waals surface area contributed by atoms with Gasteiger partial charge in [-0.1, -0.05) is 6.92 Å². The van der Waals surface area contributed by atoms with Crippen LogP contribution in [0.15, 0.2) is 0 Å². The average molecular weight is 267 g/mol. The molecule has 8 heteroatoms. The number of carboxylic acid groups (broad SMARTS) is 1. The Kier molecular flexibility index (Phi) is 6.74. The summed E-state index contributed by atoms with van der Waals surface area (Å²) in [4.78, 5) is 21.6. The number of sulfonamides is 1. The van der Waals surface area contributed by atoms with Gasteiger partial charge in [-0.05, 0) is 13.3 Å². The molecule has 0 aromatic carbocycles. The number of esters is 1. The number of nitrogens with one attached hydrogen (secondary N) is 1. The molecule has 0 aliphatic rings. The van der Waals surface area contributed by atoms with Crippen molar-refractivity contribution in [3.05, 3.63) is 0 Å². The first-order valence-electron chi connectivity index (χ1n) is 5.18.